The van der Waals surface area contributed by atoms with E-state index < -0.39 is 0 Å². The highest BCUT2D eigenvalue weighted by molar-refractivity contribution is 5.99. The first-order valence-electron chi connectivity index (χ1n) is 5.88. The minimum Gasteiger partial charge on any atom is -0.497 e. The fourth-order valence-corrected chi connectivity index (χ4v) is 2.66. The maximum Gasteiger partial charge on any atom is 0.244 e. The predicted octanol–water partition coefficient (Wildman–Crippen LogP) is 1.11. The second-order valence-electron chi connectivity index (χ2n) is 4.72. The molecule has 0 aromatic heterocycles. The third kappa shape index (κ3) is 1.52. The standard InChI is InChI=1S/C13H16N2O2/c1-14-10-7-12(14)13(16)15(8-10)9-3-5-11(17-2)6-4-9/h3-6,10,12H,7-8H2,1-2H3. The molecule has 1 aromatic carbocycles. The summed E-state index contributed by atoms with van der Waals surface area (Å²) in [6.07, 6.45) is 1.02. The summed E-state index contributed by atoms with van der Waals surface area (Å²) in [7, 11) is 3.67. The van der Waals surface area contributed by atoms with Crippen molar-refractivity contribution in [3.8, 4) is 5.75 Å². The second-order valence-corrected chi connectivity index (χ2v) is 4.72. The average Bonchev–Trinajstić information content (AvgIpc) is 2.38. The van der Waals surface area contributed by atoms with Gasteiger partial charge in [0.2, 0.25) is 5.91 Å². The van der Waals surface area contributed by atoms with Crippen LogP contribution in [0.15, 0.2) is 24.3 Å². The van der Waals surface area contributed by atoms with E-state index in [0.29, 0.717) is 6.04 Å². The normalized spacial score (nSPS) is 27.9. The van der Waals surface area contributed by atoms with Gasteiger partial charge in [-0.2, -0.15) is 0 Å². The van der Waals surface area contributed by atoms with Crippen LogP contribution in [0.1, 0.15) is 6.42 Å². The molecular weight excluding hydrogens is 216 g/mol. The number of hydrogen-bond donors (Lipinski definition) is 0. The zero-order valence-electron chi connectivity index (χ0n) is 10.1. The highest BCUT2D eigenvalue weighted by Gasteiger charge is 2.48. The highest BCUT2D eigenvalue weighted by Crippen LogP contribution is 2.34. The molecule has 1 amide bonds. The lowest BCUT2D eigenvalue weighted by Crippen LogP contribution is -2.70. The predicted molar refractivity (Wildman–Crippen MR) is 65.3 cm³/mol. The molecule has 4 heteroatoms. The summed E-state index contributed by atoms with van der Waals surface area (Å²) in [5.74, 6) is 1.04. The molecule has 0 aliphatic carbocycles. The molecule has 3 aliphatic heterocycles. The Morgan fingerprint density at radius 3 is 2.53 bits per heavy atom. The topological polar surface area (TPSA) is 32.8 Å². The molecule has 2 unspecified atom stereocenters. The number of ether oxygens (including phenoxy) is 1. The molecule has 0 saturated carbocycles. The van der Waals surface area contributed by atoms with Crippen molar-refractivity contribution in [3.63, 3.8) is 0 Å². The van der Waals surface area contributed by atoms with Gasteiger partial charge in [-0.05, 0) is 37.7 Å². The second kappa shape index (κ2) is 3.74. The van der Waals surface area contributed by atoms with Gasteiger partial charge in [0.25, 0.3) is 0 Å². The number of amides is 1. The monoisotopic (exact) mass is 232 g/mol. The van der Waals surface area contributed by atoms with Crippen LogP contribution >= 0.6 is 0 Å². The molecule has 3 saturated heterocycles. The van der Waals surface area contributed by atoms with E-state index >= 15 is 0 Å². The largest absolute Gasteiger partial charge is 0.497 e. The molecule has 17 heavy (non-hydrogen) atoms. The smallest absolute Gasteiger partial charge is 0.244 e. The molecule has 1 aromatic rings. The van der Waals surface area contributed by atoms with Crippen molar-refractivity contribution in [2.75, 3.05) is 25.6 Å². The minimum absolute atomic E-state index is 0.0934. The van der Waals surface area contributed by atoms with E-state index in [4.69, 9.17) is 4.74 Å². The van der Waals surface area contributed by atoms with E-state index in [1.54, 1.807) is 7.11 Å². The summed E-state index contributed by atoms with van der Waals surface area (Å²) in [5, 5.41) is 0. The number of carbonyl (C=O) groups is 1. The SMILES string of the molecule is COc1ccc(N2CC3CC(C2=O)N3C)cc1. The maximum atomic E-state index is 12.2. The van der Waals surface area contributed by atoms with Crippen molar-refractivity contribution in [1.29, 1.82) is 0 Å². The summed E-state index contributed by atoms with van der Waals surface area (Å²) < 4.78 is 5.12. The quantitative estimate of drug-likeness (QED) is 0.766. The Labute approximate surface area is 101 Å². The van der Waals surface area contributed by atoms with Gasteiger partial charge in [0, 0.05) is 18.3 Å². The first kappa shape index (κ1) is 10.6. The Morgan fingerprint density at radius 1 is 1.29 bits per heavy atom. The number of methoxy groups -OCH3 is 1. The number of hydrogen-bond acceptors (Lipinski definition) is 3. The number of benzene rings is 1. The van der Waals surface area contributed by atoms with Gasteiger partial charge in [0.05, 0.1) is 13.2 Å². The lowest BCUT2D eigenvalue weighted by atomic mass is 9.87. The molecule has 4 nitrogen and oxygen atoms in total. The molecule has 0 N–H and O–H groups in total. The lowest BCUT2D eigenvalue weighted by molar-refractivity contribution is -0.135. The van der Waals surface area contributed by atoms with Crippen molar-refractivity contribution >= 4 is 11.6 Å². The van der Waals surface area contributed by atoms with Crippen LogP contribution in [-0.4, -0.2) is 43.6 Å². The van der Waals surface area contributed by atoms with Crippen LogP contribution in [0.25, 0.3) is 0 Å². The molecule has 3 heterocycles. The number of likely N-dealkylation sites (N-methyl/N-ethyl adjacent to an activating group) is 1. The average molecular weight is 232 g/mol. The fourth-order valence-electron chi connectivity index (χ4n) is 2.66. The van der Waals surface area contributed by atoms with Crippen LogP contribution in [-0.2, 0) is 4.79 Å². The number of nitrogens with zero attached hydrogens (tertiary/aromatic N) is 2. The number of anilines is 1. The van der Waals surface area contributed by atoms with Crippen LogP contribution < -0.4 is 9.64 Å². The number of piperazine rings is 1. The van der Waals surface area contributed by atoms with Crippen molar-refractivity contribution in [3.05, 3.63) is 24.3 Å². The lowest BCUT2D eigenvalue weighted by Gasteiger charge is -2.53. The van der Waals surface area contributed by atoms with Crippen LogP contribution in [0, 0.1) is 0 Å². The number of carbonyl (C=O) groups excluding carboxylic acids is 1. The van der Waals surface area contributed by atoms with Crippen LogP contribution in [0.4, 0.5) is 5.69 Å². The molecule has 2 atom stereocenters. The zero-order valence-corrected chi connectivity index (χ0v) is 10.1. The molecule has 3 aliphatic rings. The van der Waals surface area contributed by atoms with Gasteiger partial charge in [0.1, 0.15) is 5.75 Å². The Balaban J connectivity index is 1.82. The Morgan fingerprint density at radius 2 is 2.00 bits per heavy atom. The van der Waals surface area contributed by atoms with E-state index in [1.807, 2.05) is 36.2 Å². The van der Waals surface area contributed by atoms with Gasteiger partial charge in [-0.15, -0.1) is 0 Å². The number of rotatable bonds is 2. The minimum atomic E-state index is 0.0934. The summed E-state index contributed by atoms with van der Waals surface area (Å²) in [6.45, 7) is 0.804. The molecule has 0 spiro atoms. The zero-order chi connectivity index (χ0) is 12.0. The van der Waals surface area contributed by atoms with Crippen LogP contribution in [0.2, 0.25) is 0 Å². The Hall–Kier alpha value is -1.55. The van der Waals surface area contributed by atoms with E-state index in [1.165, 1.54) is 0 Å². The molecule has 4 rings (SSSR count). The fraction of sp³-hybridized carbons (Fsp3) is 0.462. The number of fused-ring (bicyclic) bond motifs is 2. The first-order valence-corrected chi connectivity index (χ1v) is 5.88. The van der Waals surface area contributed by atoms with Crippen molar-refractivity contribution in [1.82, 2.24) is 4.90 Å². The third-order valence-electron chi connectivity index (χ3n) is 3.89. The van der Waals surface area contributed by atoms with Crippen LogP contribution in [0.3, 0.4) is 0 Å². The molecular formula is C13H16N2O2. The van der Waals surface area contributed by atoms with Crippen molar-refractivity contribution in [2.24, 2.45) is 0 Å². The third-order valence-corrected chi connectivity index (χ3v) is 3.89. The van der Waals surface area contributed by atoms with Crippen LogP contribution in [0.5, 0.6) is 5.75 Å². The summed E-state index contributed by atoms with van der Waals surface area (Å²) >= 11 is 0. The van der Waals surface area contributed by atoms with E-state index in [2.05, 4.69) is 4.90 Å². The summed E-state index contributed by atoms with van der Waals surface area (Å²) in [6, 6.07) is 8.30. The summed E-state index contributed by atoms with van der Waals surface area (Å²) in [5.41, 5.74) is 0.971. The van der Waals surface area contributed by atoms with Crippen molar-refractivity contribution < 1.29 is 9.53 Å². The highest BCUT2D eigenvalue weighted by atomic mass is 16.5. The molecule has 3 fully saturated rings. The molecule has 0 radical (unpaired) electrons. The Bertz CT molecular complexity index is 443. The van der Waals surface area contributed by atoms with Gasteiger partial charge < -0.3 is 9.64 Å². The van der Waals surface area contributed by atoms with E-state index in [9.17, 15) is 4.79 Å². The first-order chi connectivity index (χ1) is 8.20. The van der Waals surface area contributed by atoms with E-state index in [-0.39, 0.29) is 11.9 Å². The van der Waals surface area contributed by atoms with Crippen molar-refractivity contribution in [2.45, 2.75) is 18.5 Å². The maximum absolute atomic E-state index is 12.2. The van der Waals surface area contributed by atoms with Gasteiger partial charge >= 0.3 is 0 Å². The number of piperidine rings is 1. The van der Waals surface area contributed by atoms with E-state index in [0.717, 1.165) is 24.4 Å². The van der Waals surface area contributed by atoms with Gasteiger partial charge in [-0.3, -0.25) is 9.69 Å². The Kier molecular flexibility index (Phi) is 2.33. The molecule has 90 valence electrons. The van der Waals surface area contributed by atoms with Gasteiger partial charge in [-0.1, -0.05) is 0 Å². The van der Waals surface area contributed by atoms with Gasteiger partial charge in [0.15, 0.2) is 0 Å². The summed E-state index contributed by atoms with van der Waals surface area (Å²) in [4.78, 5) is 16.2. The molecule has 2 bridgehead atoms. The van der Waals surface area contributed by atoms with Gasteiger partial charge in [-0.25, -0.2) is 0 Å².